The summed E-state index contributed by atoms with van der Waals surface area (Å²) in [6.07, 6.45) is 3.80. The van der Waals surface area contributed by atoms with Crippen molar-refractivity contribution in [3.05, 3.63) is 29.8 Å². The third-order valence-corrected chi connectivity index (χ3v) is 3.65. The van der Waals surface area contributed by atoms with E-state index in [1.54, 1.807) is 0 Å². The van der Waals surface area contributed by atoms with Gasteiger partial charge in [0.25, 0.3) is 5.91 Å². The van der Waals surface area contributed by atoms with Crippen molar-refractivity contribution in [2.45, 2.75) is 32.7 Å². The van der Waals surface area contributed by atoms with Crippen LogP contribution in [0.25, 0.3) is 0 Å². The second-order valence-electron chi connectivity index (χ2n) is 5.58. The van der Waals surface area contributed by atoms with Crippen LogP contribution < -0.4 is 5.32 Å². The van der Waals surface area contributed by atoms with Gasteiger partial charge < -0.3 is 10.2 Å². The molecule has 0 spiro atoms. The quantitative estimate of drug-likeness (QED) is 0.920. The van der Waals surface area contributed by atoms with Crippen molar-refractivity contribution in [2.75, 3.05) is 13.1 Å². The molecule has 1 aromatic heterocycles. The molecule has 0 atom stereocenters. The minimum atomic E-state index is -0.623. The maximum atomic E-state index is 13.5. The summed E-state index contributed by atoms with van der Waals surface area (Å²) in [5, 5.41) is 2.82. The summed E-state index contributed by atoms with van der Waals surface area (Å²) in [5.41, 5.74) is 0.00527. The van der Waals surface area contributed by atoms with Crippen molar-refractivity contribution in [1.82, 2.24) is 15.2 Å². The van der Waals surface area contributed by atoms with Crippen molar-refractivity contribution in [3.8, 4) is 0 Å². The topological polar surface area (TPSA) is 62.3 Å². The summed E-state index contributed by atoms with van der Waals surface area (Å²) in [6.45, 7) is 5.01. The van der Waals surface area contributed by atoms with Crippen LogP contribution in [-0.2, 0) is 4.79 Å². The Morgan fingerprint density at radius 2 is 2.05 bits per heavy atom. The average Bonchev–Trinajstić information content (AvgIpc) is 2.47. The van der Waals surface area contributed by atoms with Crippen LogP contribution in [0.5, 0.6) is 0 Å². The molecule has 0 unspecified atom stereocenters. The van der Waals surface area contributed by atoms with Gasteiger partial charge in [0.1, 0.15) is 0 Å². The Hall–Kier alpha value is -1.98. The number of likely N-dealkylation sites (tertiary alicyclic amines) is 1. The van der Waals surface area contributed by atoms with Crippen LogP contribution >= 0.6 is 0 Å². The molecule has 1 fully saturated rings. The van der Waals surface area contributed by atoms with Gasteiger partial charge in [0.15, 0.2) is 5.82 Å². The Morgan fingerprint density at radius 3 is 2.62 bits per heavy atom. The van der Waals surface area contributed by atoms with Crippen LogP contribution in [0.1, 0.15) is 37.0 Å². The Bertz CT molecular complexity index is 525. The number of carbonyl (C=O) groups excluding carboxylic acids is 2. The van der Waals surface area contributed by atoms with E-state index in [1.165, 1.54) is 12.3 Å². The molecular formula is C15H20FN3O2. The van der Waals surface area contributed by atoms with Gasteiger partial charge in [0.2, 0.25) is 5.91 Å². The minimum absolute atomic E-state index is 0.00527. The molecule has 0 aromatic carbocycles. The molecule has 6 heteroatoms. The monoisotopic (exact) mass is 293 g/mol. The number of hydrogen-bond acceptors (Lipinski definition) is 3. The number of amides is 2. The van der Waals surface area contributed by atoms with Gasteiger partial charge in [-0.1, -0.05) is 13.8 Å². The zero-order valence-corrected chi connectivity index (χ0v) is 12.3. The summed E-state index contributed by atoms with van der Waals surface area (Å²) in [5.74, 6) is -0.923. The lowest BCUT2D eigenvalue weighted by Crippen LogP contribution is -2.47. The number of hydrogen-bond donors (Lipinski definition) is 1. The van der Waals surface area contributed by atoms with Crippen molar-refractivity contribution >= 4 is 11.8 Å². The molecule has 1 aromatic rings. The van der Waals surface area contributed by atoms with E-state index in [2.05, 4.69) is 10.3 Å². The van der Waals surface area contributed by atoms with Crippen LogP contribution in [-0.4, -0.2) is 40.8 Å². The molecule has 0 bridgehead atoms. The predicted molar refractivity (Wildman–Crippen MR) is 76.1 cm³/mol. The fourth-order valence-electron chi connectivity index (χ4n) is 2.43. The minimum Gasteiger partial charge on any atom is -0.349 e. The van der Waals surface area contributed by atoms with Gasteiger partial charge in [-0.2, -0.15) is 0 Å². The second kappa shape index (κ2) is 6.65. The lowest BCUT2D eigenvalue weighted by molar-refractivity contribution is -0.135. The summed E-state index contributed by atoms with van der Waals surface area (Å²) in [4.78, 5) is 29.3. The number of piperidine rings is 1. The van der Waals surface area contributed by atoms with E-state index in [0.717, 1.165) is 6.20 Å². The van der Waals surface area contributed by atoms with E-state index in [1.807, 2.05) is 18.7 Å². The highest BCUT2D eigenvalue weighted by atomic mass is 19.1. The molecule has 0 aliphatic carbocycles. The summed E-state index contributed by atoms with van der Waals surface area (Å²) >= 11 is 0. The number of nitrogens with zero attached hydrogens (tertiary/aromatic N) is 2. The van der Waals surface area contributed by atoms with E-state index in [-0.39, 0.29) is 23.4 Å². The van der Waals surface area contributed by atoms with Gasteiger partial charge >= 0.3 is 0 Å². The molecule has 1 N–H and O–H groups in total. The van der Waals surface area contributed by atoms with Gasteiger partial charge in [-0.05, 0) is 18.9 Å². The number of carbonyl (C=O) groups is 2. The number of rotatable bonds is 3. The molecule has 21 heavy (non-hydrogen) atoms. The number of aromatic nitrogens is 1. The van der Waals surface area contributed by atoms with Crippen LogP contribution in [0, 0.1) is 11.7 Å². The Kier molecular flexibility index (Phi) is 4.88. The molecule has 1 aliphatic heterocycles. The Balaban J connectivity index is 1.88. The summed E-state index contributed by atoms with van der Waals surface area (Å²) < 4.78 is 13.5. The van der Waals surface area contributed by atoms with E-state index in [0.29, 0.717) is 25.9 Å². The predicted octanol–water partition coefficient (Wildman–Crippen LogP) is 1.60. The second-order valence-corrected chi connectivity index (χ2v) is 5.58. The molecule has 1 aliphatic rings. The fraction of sp³-hybridized carbons (Fsp3) is 0.533. The smallest absolute Gasteiger partial charge is 0.254 e. The zero-order valence-electron chi connectivity index (χ0n) is 12.3. The maximum absolute atomic E-state index is 13.5. The highest BCUT2D eigenvalue weighted by molar-refractivity contribution is 5.94. The molecule has 0 radical (unpaired) electrons. The molecular weight excluding hydrogens is 273 g/mol. The molecule has 2 rings (SSSR count). The van der Waals surface area contributed by atoms with Gasteiger partial charge in [-0.25, -0.2) is 4.39 Å². The Morgan fingerprint density at radius 1 is 1.38 bits per heavy atom. The average molecular weight is 293 g/mol. The first-order chi connectivity index (χ1) is 9.99. The van der Waals surface area contributed by atoms with Crippen LogP contribution in [0.4, 0.5) is 4.39 Å². The standard InChI is InChI=1S/C15H20FN3O2/c1-10(2)15(21)19-7-4-11(5-8-19)18-14(20)12-3-6-17-9-13(12)16/h3,6,9-11H,4-5,7-8H2,1-2H3,(H,18,20). The SMILES string of the molecule is CC(C)C(=O)N1CCC(NC(=O)c2ccncc2F)CC1. The van der Waals surface area contributed by atoms with E-state index >= 15 is 0 Å². The first-order valence-corrected chi connectivity index (χ1v) is 7.18. The number of pyridine rings is 1. The van der Waals surface area contributed by atoms with Crippen molar-refractivity contribution in [3.63, 3.8) is 0 Å². The third kappa shape index (κ3) is 3.77. The molecule has 1 saturated heterocycles. The Labute approximate surface area is 123 Å². The van der Waals surface area contributed by atoms with E-state index in [9.17, 15) is 14.0 Å². The van der Waals surface area contributed by atoms with Crippen LogP contribution in [0.2, 0.25) is 0 Å². The highest BCUT2D eigenvalue weighted by Crippen LogP contribution is 2.14. The first-order valence-electron chi connectivity index (χ1n) is 7.18. The maximum Gasteiger partial charge on any atom is 0.254 e. The van der Waals surface area contributed by atoms with Crippen molar-refractivity contribution in [1.29, 1.82) is 0 Å². The van der Waals surface area contributed by atoms with E-state index < -0.39 is 11.7 Å². The number of halogens is 1. The van der Waals surface area contributed by atoms with Crippen molar-refractivity contribution < 1.29 is 14.0 Å². The first kappa shape index (κ1) is 15.4. The summed E-state index contributed by atoms with van der Waals surface area (Å²) in [6, 6.07) is 1.34. The lowest BCUT2D eigenvalue weighted by atomic mass is 10.0. The van der Waals surface area contributed by atoms with Crippen LogP contribution in [0.15, 0.2) is 18.5 Å². The van der Waals surface area contributed by atoms with E-state index in [4.69, 9.17) is 0 Å². The highest BCUT2D eigenvalue weighted by Gasteiger charge is 2.25. The van der Waals surface area contributed by atoms with Gasteiger partial charge in [0.05, 0.1) is 11.8 Å². The molecule has 5 nitrogen and oxygen atoms in total. The molecule has 2 amide bonds. The molecule has 2 heterocycles. The molecule has 0 saturated carbocycles. The third-order valence-electron chi connectivity index (χ3n) is 3.65. The molecule has 114 valence electrons. The van der Waals surface area contributed by atoms with Gasteiger partial charge in [-0.3, -0.25) is 14.6 Å². The zero-order chi connectivity index (χ0) is 15.4. The number of nitrogens with one attached hydrogen (secondary N) is 1. The largest absolute Gasteiger partial charge is 0.349 e. The fourth-order valence-corrected chi connectivity index (χ4v) is 2.43. The van der Waals surface area contributed by atoms with Crippen molar-refractivity contribution in [2.24, 2.45) is 5.92 Å². The summed E-state index contributed by atoms with van der Waals surface area (Å²) in [7, 11) is 0. The lowest BCUT2D eigenvalue weighted by Gasteiger charge is -2.33. The van der Waals surface area contributed by atoms with Gasteiger partial charge in [0, 0.05) is 31.2 Å². The van der Waals surface area contributed by atoms with Crippen LogP contribution in [0.3, 0.4) is 0 Å². The normalized spacial score (nSPS) is 16.1. The van der Waals surface area contributed by atoms with Gasteiger partial charge in [-0.15, -0.1) is 0 Å².